The molecule has 3 nitrogen and oxygen atoms in total. The molecule has 0 spiro atoms. The standard InChI is InChI=1S/C34H45NO2/c1-27(2)11-10-12-28(3)16-21-34(35-22-23-36)32-18-17-31-26-33(20-19-30(31)25-32)37-24-9-5-8-15-29-13-6-4-7-14-29/h4,6-7,11,13-14,16-20,25-26,34-36H,5,8-10,12,15,21-24H2,1-3H3/b28-16-. The molecule has 2 N–H and O–H groups in total. The van der Waals surface area contributed by atoms with Crippen LogP contribution in [0, 0.1) is 0 Å². The van der Waals surface area contributed by atoms with E-state index in [1.54, 1.807) is 0 Å². The van der Waals surface area contributed by atoms with Crippen LogP contribution >= 0.6 is 0 Å². The van der Waals surface area contributed by atoms with Crippen LogP contribution < -0.4 is 10.1 Å². The number of aryl methyl sites for hydroxylation is 1. The SMILES string of the molecule is CC(C)=CCC/C(C)=C\CC(NCCO)c1ccc2cc(OCCCCCc3ccccc3)ccc2c1. The molecule has 0 heterocycles. The van der Waals surface area contributed by atoms with Gasteiger partial charge in [-0.05, 0) is 106 Å². The molecule has 37 heavy (non-hydrogen) atoms. The fourth-order valence-corrected chi connectivity index (χ4v) is 4.58. The van der Waals surface area contributed by atoms with Crippen molar-refractivity contribution in [2.24, 2.45) is 0 Å². The quantitative estimate of drug-likeness (QED) is 0.154. The van der Waals surface area contributed by atoms with Crippen LogP contribution in [0.4, 0.5) is 0 Å². The predicted molar refractivity (Wildman–Crippen MR) is 158 cm³/mol. The van der Waals surface area contributed by atoms with Crippen molar-refractivity contribution in [1.29, 1.82) is 0 Å². The minimum atomic E-state index is 0.139. The summed E-state index contributed by atoms with van der Waals surface area (Å²) in [4.78, 5) is 0. The number of hydrogen-bond acceptors (Lipinski definition) is 3. The second kappa shape index (κ2) is 16.1. The van der Waals surface area contributed by atoms with E-state index in [1.807, 2.05) is 0 Å². The van der Waals surface area contributed by atoms with Gasteiger partial charge >= 0.3 is 0 Å². The summed E-state index contributed by atoms with van der Waals surface area (Å²) in [5, 5.41) is 15.3. The van der Waals surface area contributed by atoms with Crippen LogP contribution in [0.3, 0.4) is 0 Å². The fraction of sp³-hybridized carbons (Fsp3) is 0.412. The van der Waals surface area contributed by atoms with Crippen LogP contribution in [0.2, 0.25) is 0 Å². The molecule has 1 atom stereocenters. The van der Waals surface area contributed by atoms with E-state index < -0.39 is 0 Å². The van der Waals surface area contributed by atoms with Crippen molar-refractivity contribution in [2.45, 2.75) is 71.8 Å². The van der Waals surface area contributed by atoms with E-state index in [-0.39, 0.29) is 12.6 Å². The molecule has 0 fully saturated rings. The van der Waals surface area contributed by atoms with E-state index in [4.69, 9.17) is 4.74 Å². The largest absolute Gasteiger partial charge is 0.494 e. The van der Waals surface area contributed by atoms with Gasteiger partial charge in [0.15, 0.2) is 0 Å². The Bertz CT molecular complexity index is 1130. The third-order valence-electron chi connectivity index (χ3n) is 6.76. The number of hydrogen-bond donors (Lipinski definition) is 2. The summed E-state index contributed by atoms with van der Waals surface area (Å²) in [7, 11) is 0. The van der Waals surface area contributed by atoms with E-state index in [0.717, 1.165) is 44.5 Å². The first-order valence-electron chi connectivity index (χ1n) is 13.9. The van der Waals surface area contributed by atoms with Gasteiger partial charge in [0.2, 0.25) is 0 Å². The summed E-state index contributed by atoms with van der Waals surface area (Å²) in [6.07, 6.45) is 12.3. The van der Waals surface area contributed by atoms with Crippen LogP contribution in [0.5, 0.6) is 5.75 Å². The third kappa shape index (κ3) is 10.6. The van der Waals surface area contributed by atoms with Gasteiger partial charge in [-0.15, -0.1) is 0 Å². The van der Waals surface area contributed by atoms with Gasteiger partial charge in [0.25, 0.3) is 0 Å². The molecular formula is C34H45NO2. The highest BCUT2D eigenvalue weighted by Gasteiger charge is 2.11. The average molecular weight is 500 g/mol. The van der Waals surface area contributed by atoms with Crippen molar-refractivity contribution < 1.29 is 9.84 Å². The van der Waals surface area contributed by atoms with Gasteiger partial charge in [0, 0.05) is 12.6 Å². The summed E-state index contributed by atoms with van der Waals surface area (Å²) in [6, 6.07) is 23.9. The molecule has 198 valence electrons. The first-order chi connectivity index (χ1) is 18.0. The molecule has 0 aromatic heterocycles. The average Bonchev–Trinajstić information content (AvgIpc) is 2.91. The Hall–Kier alpha value is -2.88. The lowest BCUT2D eigenvalue weighted by Gasteiger charge is -2.18. The summed E-state index contributed by atoms with van der Waals surface area (Å²) in [5.41, 5.74) is 5.45. The topological polar surface area (TPSA) is 41.5 Å². The minimum Gasteiger partial charge on any atom is -0.494 e. The molecule has 3 aromatic rings. The molecule has 3 rings (SSSR count). The molecule has 1 unspecified atom stereocenters. The molecule has 0 saturated carbocycles. The lowest BCUT2D eigenvalue weighted by atomic mass is 9.98. The Balaban J connectivity index is 1.53. The molecule has 0 bridgehead atoms. The van der Waals surface area contributed by atoms with Crippen molar-refractivity contribution in [2.75, 3.05) is 19.8 Å². The van der Waals surface area contributed by atoms with Gasteiger partial charge in [-0.2, -0.15) is 0 Å². The smallest absolute Gasteiger partial charge is 0.119 e. The van der Waals surface area contributed by atoms with Crippen LogP contribution in [-0.4, -0.2) is 24.9 Å². The number of aliphatic hydroxyl groups excluding tert-OH is 1. The van der Waals surface area contributed by atoms with Gasteiger partial charge in [0.05, 0.1) is 13.2 Å². The molecule has 3 aromatic carbocycles. The monoisotopic (exact) mass is 499 g/mol. The molecule has 0 aliphatic rings. The number of nitrogens with one attached hydrogen (secondary N) is 1. The van der Waals surface area contributed by atoms with Crippen LogP contribution in [-0.2, 0) is 6.42 Å². The zero-order valence-corrected chi connectivity index (χ0v) is 23.0. The maximum Gasteiger partial charge on any atom is 0.119 e. The number of aliphatic hydroxyl groups is 1. The van der Waals surface area contributed by atoms with Crippen molar-refractivity contribution in [3.8, 4) is 5.75 Å². The molecule has 0 aliphatic carbocycles. The van der Waals surface area contributed by atoms with E-state index in [2.05, 4.69) is 105 Å². The van der Waals surface area contributed by atoms with Crippen molar-refractivity contribution in [1.82, 2.24) is 5.32 Å². The number of rotatable bonds is 16. The normalized spacial score (nSPS) is 12.5. The fourth-order valence-electron chi connectivity index (χ4n) is 4.58. The van der Waals surface area contributed by atoms with E-state index >= 15 is 0 Å². The van der Waals surface area contributed by atoms with Crippen molar-refractivity contribution >= 4 is 10.8 Å². The molecule has 0 radical (unpaired) electrons. The van der Waals surface area contributed by atoms with Crippen LogP contribution in [0.15, 0.2) is 90.0 Å². The molecule has 0 saturated heterocycles. The molecule has 0 amide bonds. The highest BCUT2D eigenvalue weighted by atomic mass is 16.5. The maximum atomic E-state index is 9.38. The number of fused-ring (bicyclic) bond motifs is 1. The Morgan fingerprint density at radius 1 is 0.892 bits per heavy atom. The van der Waals surface area contributed by atoms with Gasteiger partial charge in [-0.25, -0.2) is 0 Å². The van der Waals surface area contributed by atoms with Gasteiger partial charge < -0.3 is 15.2 Å². The lowest BCUT2D eigenvalue weighted by molar-refractivity contribution is 0.284. The third-order valence-corrected chi connectivity index (χ3v) is 6.76. The van der Waals surface area contributed by atoms with Gasteiger partial charge in [-0.1, -0.05) is 71.8 Å². The van der Waals surface area contributed by atoms with Gasteiger partial charge in [0.1, 0.15) is 5.75 Å². The Morgan fingerprint density at radius 3 is 2.46 bits per heavy atom. The Labute approximate surface area is 224 Å². The second-order valence-corrected chi connectivity index (χ2v) is 10.2. The first-order valence-corrected chi connectivity index (χ1v) is 13.9. The Kier molecular flexibility index (Phi) is 12.5. The van der Waals surface area contributed by atoms with E-state index in [0.29, 0.717) is 6.54 Å². The molecular weight excluding hydrogens is 454 g/mol. The van der Waals surface area contributed by atoms with Crippen LogP contribution in [0.25, 0.3) is 10.8 Å². The van der Waals surface area contributed by atoms with E-state index in [1.165, 1.54) is 45.9 Å². The highest BCUT2D eigenvalue weighted by Crippen LogP contribution is 2.27. The summed E-state index contributed by atoms with van der Waals surface area (Å²) >= 11 is 0. The maximum absolute atomic E-state index is 9.38. The Morgan fingerprint density at radius 2 is 1.68 bits per heavy atom. The number of allylic oxidation sites excluding steroid dienone is 3. The number of benzene rings is 3. The second-order valence-electron chi connectivity index (χ2n) is 10.2. The summed E-state index contributed by atoms with van der Waals surface area (Å²) in [6.45, 7) is 8.00. The first kappa shape index (κ1) is 28.7. The van der Waals surface area contributed by atoms with Gasteiger partial charge in [-0.3, -0.25) is 0 Å². The van der Waals surface area contributed by atoms with Crippen molar-refractivity contribution in [3.05, 3.63) is 101 Å². The zero-order valence-electron chi connectivity index (χ0n) is 23.0. The summed E-state index contributed by atoms with van der Waals surface area (Å²) < 4.78 is 6.06. The lowest BCUT2D eigenvalue weighted by Crippen LogP contribution is -2.24. The van der Waals surface area contributed by atoms with Crippen LogP contribution in [0.1, 0.15) is 76.5 Å². The summed E-state index contributed by atoms with van der Waals surface area (Å²) in [5.74, 6) is 0.938. The predicted octanol–water partition coefficient (Wildman–Crippen LogP) is 8.34. The molecule has 0 aliphatic heterocycles. The van der Waals surface area contributed by atoms with E-state index in [9.17, 15) is 5.11 Å². The van der Waals surface area contributed by atoms with Crippen molar-refractivity contribution in [3.63, 3.8) is 0 Å². The number of ether oxygens (including phenoxy) is 1. The molecule has 3 heteroatoms. The highest BCUT2D eigenvalue weighted by molar-refractivity contribution is 5.84. The number of unbranched alkanes of at least 4 members (excludes halogenated alkanes) is 2. The zero-order chi connectivity index (χ0) is 26.3. The minimum absolute atomic E-state index is 0.139.